The fraction of sp³-hybridized carbons (Fsp3) is 0.400. The minimum Gasteiger partial charge on any atom is -0.334 e. The second-order valence-corrected chi connectivity index (χ2v) is 7.70. The molecule has 0 radical (unpaired) electrons. The van der Waals surface area contributed by atoms with E-state index in [4.69, 9.17) is 0 Å². The zero-order chi connectivity index (χ0) is 17.8. The molecule has 1 aliphatic heterocycles. The Morgan fingerprint density at radius 3 is 2.84 bits per heavy atom. The van der Waals surface area contributed by atoms with E-state index in [0.29, 0.717) is 12.3 Å². The summed E-state index contributed by atoms with van der Waals surface area (Å²) in [6.07, 6.45) is 4.32. The fourth-order valence-corrected chi connectivity index (χ4v) is 3.32. The van der Waals surface area contributed by atoms with E-state index in [1.165, 1.54) is 0 Å². The SMILES string of the molecule is CC(C)CC(=O)N1CCCC1c1ncc(C#Cc2ccc(Br)cc2)[nH]1. The molecule has 0 aliphatic carbocycles. The van der Waals surface area contributed by atoms with E-state index in [9.17, 15) is 4.79 Å². The highest BCUT2D eigenvalue weighted by Gasteiger charge is 2.31. The Balaban J connectivity index is 1.72. The van der Waals surface area contributed by atoms with Gasteiger partial charge in [-0.05, 0) is 48.9 Å². The maximum atomic E-state index is 12.4. The highest BCUT2D eigenvalue weighted by atomic mass is 79.9. The summed E-state index contributed by atoms with van der Waals surface area (Å²) < 4.78 is 1.04. The van der Waals surface area contributed by atoms with Crippen molar-refractivity contribution < 1.29 is 4.79 Å². The minimum absolute atomic E-state index is 0.0504. The number of amides is 1. The number of aromatic amines is 1. The molecule has 0 spiro atoms. The van der Waals surface area contributed by atoms with Gasteiger partial charge >= 0.3 is 0 Å². The largest absolute Gasteiger partial charge is 0.334 e. The van der Waals surface area contributed by atoms with Gasteiger partial charge in [-0.1, -0.05) is 35.7 Å². The van der Waals surface area contributed by atoms with Crippen molar-refractivity contribution in [2.75, 3.05) is 6.54 Å². The number of rotatable bonds is 3. The lowest BCUT2D eigenvalue weighted by atomic mass is 10.1. The van der Waals surface area contributed by atoms with E-state index in [1.54, 1.807) is 6.20 Å². The molecule has 25 heavy (non-hydrogen) atoms. The monoisotopic (exact) mass is 399 g/mol. The van der Waals surface area contributed by atoms with Crippen molar-refractivity contribution in [2.45, 2.75) is 39.2 Å². The Morgan fingerprint density at radius 1 is 1.36 bits per heavy atom. The van der Waals surface area contributed by atoms with Crippen LogP contribution in [0.1, 0.15) is 56.2 Å². The highest BCUT2D eigenvalue weighted by molar-refractivity contribution is 9.10. The van der Waals surface area contributed by atoms with E-state index in [0.717, 1.165) is 40.9 Å². The maximum absolute atomic E-state index is 12.4. The summed E-state index contributed by atoms with van der Waals surface area (Å²) in [5.41, 5.74) is 1.73. The van der Waals surface area contributed by atoms with Gasteiger partial charge < -0.3 is 9.88 Å². The molecule has 1 aliphatic rings. The molecule has 1 fully saturated rings. The molecule has 1 aromatic heterocycles. The van der Waals surface area contributed by atoms with Crippen molar-refractivity contribution in [1.29, 1.82) is 0 Å². The van der Waals surface area contributed by atoms with Crippen molar-refractivity contribution in [3.8, 4) is 11.8 Å². The van der Waals surface area contributed by atoms with Gasteiger partial charge in [0.25, 0.3) is 0 Å². The Bertz CT molecular complexity index is 798. The number of carbonyl (C=O) groups excluding carboxylic acids is 1. The van der Waals surface area contributed by atoms with Crippen molar-refractivity contribution in [3.05, 3.63) is 52.0 Å². The van der Waals surface area contributed by atoms with Crippen LogP contribution in [0, 0.1) is 17.8 Å². The van der Waals surface area contributed by atoms with Crippen LogP contribution in [-0.4, -0.2) is 27.3 Å². The number of halogens is 1. The maximum Gasteiger partial charge on any atom is 0.223 e. The van der Waals surface area contributed by atoms with Crippen LogP contribution in [0.25, 0.3) is 0 Å². The number of nitrogens with zero attached hydrogens (tertiary/aromatic N) is 2. The average Bonchev–Trinajstić information content (AvgIpc) is 3.22. The number of H-pyrrole nitrogens is 1. The molecule has 130 valence electrons. The van der Waals surface area contributed by atoms with Crippen molar-refractivity contribution in [3.63, 3.8) is 0 Å². The lowest BCUT2D eigenvalue weighted by molar-refractivity contribution is -0.133. The van der Waals surface area contributed by atoms with Gasteiger partial charge in [-0.3, -0.25) is 4.79 Å². The standard InChI is InChI=1S/C20H22BrN3O/c1-14(2)12-19(25)24-11-3-4-18(24)20-22-13-17(23-20)10-7-15-5-8-16(21)9-6-15/h5-6,8-9,13-14,18H,3-4,11-12H2,1-2H3,(H,22,23). The van der Waals surface area contributed by atoms with Crippen LogP contribution in [0.3, 0.4) is 0 Å². The Hall–Kier alpha value is -2.06. The van der Waals surface area contributed by atoms with E-state index >= 15 is 0 Å². The minimum atomic E-state index is 0.0504. The second kappa shape index (κ2) is 7.88. The Labute approximate surface area is 157 Å². The number of hydrogen-bond donors (Lipinski definition) is 1. The van der Waals surface area contributed by atoms with Crippen LogP contribution in [0.5, 0.6) is 0 Å². The van der Waals surface area contributed by atoms with Crippen molar-refractivity contribution >= 4 is 21.8 Å². The molecule has 1 aromatic carbocycles. The predicted octanol–water partition coefficient (Wildman–Crippen LogP) is 4.28. The number of hydrogen-bond acceptors (Lipinski definition) is 2. The highest BCUT2D eigenvalue weighted by Crippen LogP contribution is 2.31. The first kappa shape index (κ1) is 17.8. The van der Waals surface area contributed by atoms with Gasteiger partial charge in [0.2, 0.25) is 5.91 Å². The average molecular weight is 400 g/mol. The molecule has 0 saturated carbocycles. The molecule has 1 saturated heterocycles. The molecular weight excluding hydrogens is 378 g/mol. The molecule has 1 atom stereocenters. The zero-order valence-electron chi connectivity index (χ0n) is 14.6. The van der Waals surface area contributed by atoms with Crippen molar-refractivity contribution in [1.82, 2.24) is 14.9 Å². The van der Waals surface area contributed by atoms with Gasteiger partial charge in [-0.25, -0.2) is 4.98 Å². The number of aromatic nitrogens is 2. The quantitative estimate of drug-likeness (QED) is 0.782. The van der Waals surface area contributed by atoms with E-state index in [-0.39, 0.29) is 11.9 Å². The van der Waals surface area contributed by atoms with E-state index < -0.39 is 0 Å². The summed E-state index contributed by atoms with van der Waals surface area (Å²) >= 11 is 3.42. The smallest absolute Gasteiger partial charge is 0.223 e. The Morgan fingerprint density at radius 2 is 2.12 bits per heavy atom. The number of imidazole rings is 1. The number of benzene rings is 1. The number of carbonyl (C=O) groups is 1. The van der Waals surface area contributed by atoms with Gasteiger partial charge in [-0.2, -0.15) is 0 Å². The van der Waals surface area contributed by atoms with Gasteiger partial charge in [0.15, 0.2) is 0 Å². The molecule has 3 rings (SSSR count). The first-order valence-corrected chi connectivity index (χ1v) is 9.44. The second-order valence-electron chi connectivity index (χ2n) is 6.78. The van der Waals surface area contributed by atoms with Crippen LogP contribution in [-0.2, 0) is 4.79 Å². The fourth-order valence-electron chi connectivity index (χ4n) is 3.06. The molecule has 2 heterocycles. The topological polar surface area (TPSA) is 49.0 Å². The lowest BCUT2D eigenvalue weighted by Gasteiger charge is -2.24. The number of nitrogens with one attached hydrogen (secondary N) is 1. The summed E-state index contributed by atoms with van der Waals surface area (Å²) in [6.45, 7) is 4.97. The summed E-state index contributed by atoms with van der Waals surface area (Å²) in [7, 11) is 0. The lowest BCUT2D eigenvalue weighted by Crippen LogP contribution is -2.31. The predicted molar refractivity (Wildman–Crippen MR) is 102 cm³/mol. The molecule has 1 amide bonds. The van der Waals surface area contributed by atoms with Crippen LogP contribution in [0.4, 0.5) is 0 Å². The van der Waals surface area contributed by atoms with Gasteiger partial charge in [-0.15, -0.1) is 0 Å². The molecule has 0 bridgehead atoms. The van der Waals surface area contributed by atoms with E-state index in [2.05, 4.69) is 51.6 Å². The first-order chi connectivity index (χ1) is 12.0. The molecule has 4 nitrogen and oxygen atoms in total. The third-order valence-corrected chi connectivity index (χ3v) is 4.78. The zero-order valence-corrected chi connectivity index (χ0v) is 16.1. The van der Waals surface area contributed by atoms with Gasteiger partial charge in [0.1, 0.15) is 11.5 Å². The summed E-state index contributed by atoms with van der Waals surface area (Å²) in [4.78, 5) is 22.2. The van der Waals surface area contributed by atoms with Crippen LogP contribution in [0.2, 0.25) is 0 Å². The van der Waals surface area contributed by atoms with E-state index in [1.807, 2.05) is 29.2 Å². The molecular formula is C20H22BrN3O. The first-order valence-electron chi connectivity index (χ1n) is 8.65. The molecule has 1 N–H and O–H groups in total. The summed E-state index contributed by atoms with van der Waals surface area (Å²) in [6, 6.07) is 7.93. The third-order valence-electron chi connectivity index (χ3n) is 4.25. The van der Waals surface area contributed by atoms with Gasteiger partial charge in [0.05, 0.1) is 12.2 Å². The number of likely N-dealkylation sites (tertiary alicyclic amines) is 1. The van der Waals surface area contributed by atoms with Gasteiger partial charge in [0, 0.05) is 23.0 Å². The summed E-state index contributed by atoms with van der Waals surface area (Å²) in [5.74, 6) is 7.68. The van der Waals surface area contributed by atoms with Crippen molar-refractivity contribution in [2.24, 2.45) is 5.92 Å². The normalized spacial score (nSPS) is 16.8. The van der Waals surface area contributed by atoms with Crippen LogP contribution >= 0.6 is 15.9 Å². The van der Waals surface area contributed by atoms with Crippen LogP contribution in [0.15, 0.2) is 34.9 Å². The molecule has 1 unspecified atom stereocenters. The third kappa shape index (κ3) is 4.52. The Kier molecular flexibility index (Phi) is 5.60. The molecule has 2 aromatic rings. The van der Waals surface area contributed by atoms with Crippen LogP contribution < -0.4 is 0 Å². The molecule has 5 heteroatoms. The summed E-state index contributed by atoms with van der Waals surface area (Å²) in [5, 5.41) is 0.